The number of nitrogens with one attached hydrogen (secondary N) is 3. The molecule has 7 heteroatoms. The first kappa shape index (κ1) is 23.0. The molecule has 0 heterocycles. The van der Waals surface area contributed by atoms with Crippen LogP contribution in [0.2, 0.25) is 0 Å². The van der Waals surface area contributed by atoms with Gasteiger partial charge in [0.25, 0.3) is 0 Å². The standard InChI is InChI=1S/C25H28N4O3/c1-16(26)23(30)27-17(2)24(31)29-22(14-18-8-4-3-5-9-18)25(32)28-21-13-12-19-10-6-7-11-20(19)15-21/h3-13,15-17,22H,14,26H2,1-2H3,(H,27,30)(H,28,32)(H,29,31)/t16-,17-,22-/m0/s1. The van der Waals surface area contributed by atoms with Gasteiger partial charge in [0.15, 0.2) is 0 Å². The average Bonchev–Trinajstić information content (AvgIpc) is 2.79. The number of benzene rings is 3. The van der Waals surface area contributed by atoms with Gasteiger partial charge in [-0.15, -0.1) is 0 Å². The quantitative estimate of drug-likeness (QED) is 0.438. The highest BCUT2D eigenvalue weighted by atomic mass is 16.2. The summed E-state index contributed by atoms with van der Waals surface area (Å²) in [6, 6.07) is 20.5. The molecule has 5 N–H and O–H groups in total. The Hall–Kier alpha value is -3.71. The molecule has 0 bridgehead atoms. The first-order valence-corrected chi connectivity index (χ1v) is 10.5. The molecule has 7 nitrogen and oxygen atoms in total. The van der Waals surface area contributed by atoms with E-state index in [0.717, 1.165) is 16.3 Å². The van der Waals surface area contributed by atoms with Gasteiger partial charge in [-0.3, -0.25) is 14.4 Å². The number of hydrogen-bond donors (Lipinski definition) is 4. The number of nitrogens with two attached hydrogens (primary N) is 1. The van der Waals surface area contributed by atoms with Crippen LogP contribution in [0.25, 0.3) is 10.8 Å². The van der Waals surface area contributed by atoms with Crippen molar-refractivity contribution in [1.82, 2.24) is 10.6 Å². The monoisotopic (exact) mass is 432 g/mol. The minimum atomic E-state index is -0.833. The highest BCUT2D eigenvalue weighted by Crippen LogP contribution is 2.19. The molecule has 0 aliphatic rings. The molecule has 3 aromatic rings. The number of carbonyl (C=O) groups excluding carboxylic acids is 3. The molecule has 0 aromatic heterocycles. The molecule has 0 fully saturated rings. The summed E-state index contributed by atoms with van der Waals surface area (Å²) in [6.07, 6.45) is 0.306. The summed E-state index contributed by atoms with van der Waals surface area (Å²) >= 11 is 0. The molecule has 0 saturated heterocycles. The van der Waals surface area contributed by atoms with E-state index in [9.17, 15) is 14.4 Å². The summed E-state index contributed by atoms with van der Waals surface area (Å²) < 4.78 is 0. The van der Waals surface area contributed by atoms with E-state index in [2.05, 4.69) is 16.0 Å². The van der Waals surface area contributed by atoms with Crippen molar-refractivity contribution >= 4 is 34.2 Å². The summed E-state index contributed by atoms with van der Waals surface area (Å²) in [5.74, 6) is -1.25. The summed E-state index contributed by atoms with van der Waals surface area (Å²) in [7, 11) is 0. The van der Waals surface area contributed by atoms with Crippen molar-refractivity contribution in [2.45, 2.75) is 38.4 Å². The Morgan fingerprint density at radius 1 is 0.781 bits per heavy atom. The van der Waals surface area contributed by atoms with Crippen LogP contribution in [0.4, 0.5) is 5.69 Å². The van der Waals surface area contributed by atoms with Gasteiger partial charge in [0.2, 0.25) is 17.7 Å². The van der Waals surface area contributed by atoms with Gasteiger partial charge in [0, 0.05) is 12.1 Å². The number of anilines is 1. The summed E-state index contributed by atoms with van der Waals surface area (Å²) in [6.45, 7) is 3.09. The minimum Gasteiger partial charge on any atom is -0.343 e. The normalized spacial score (nSPS) is 13.6. The Morgan fingerprint density at radius 3 is 2.12 bits per heavy atom. The van der Waals surface area contributed by atoms with E-state index in [-0.39, 0.29) is 5.91 Å². The predicted octanol–water partition coefficient (Wildman–Crippen LogP) is 2.36. The van der Waals surface area contributed by atoms with Gasteiger partial charge in [-0.1, -0.05) is 60.7 Å². The summed E-state index contributed by atoms with van der Waals surface area (Å²) in [5, 5.41) is 10.3. The zero-order chi connectivity index (χ0) is 23.1. The van der Waals surface area contributed by atoms with Crippen molar-refractivity contribution in [3.63, 3.8) is 0 Å². The number of amides is 3. The second-order valence-corrected chi connectivity index (χ2v) is 7.82. The van der Waals surface area contributed by atoms with Crippen LogP contribution in [0.15, 0.2) is 72.8 Å². The predicted molar refractivity (Wildman–Crippen MR) is 126 cm³/mol. The van der Waals surface area contributed by atoms with Crippen molar-refractivity contribution in [2.24, 2.45) is 5.73 Å². The molecule has 3 aromatic carbocycles. The summed E-state index contributed by atoms with van der Waals surface area (Å²) in [5.41, 5.74) is 7.09. The van der Waals surface area contributed by atoms with E-state index in [4.69, 9.17) is 5.73 Å². The molecule has 0 unspecified atom stereocenters. The highest BCUT2D eigenvalue weighted by molar-refractivity contribution is 6.00. The second-order valence-electron chi connectivity index (χ2n) is 7.82. The lowest BCUT2D eigenvalue weighted by atomic mass is 10.0. The lowest BCUT2D eigenvalue weighted by Crippen LogP contribution is -2.54. The molecule has 0 radical (unpaired) electrons. The number of carbonyl (C=O) groups is 3. The number of rotatable bonds is 8. The van der Waals surface area contributed by atoms with Crippen LogP contribution in [-0.2, 0) is 20.8 Å². The maximum atomic E-state index is 13.1. The van der Waals surface area contributed by atoms with Gasteiger partial charge in [-0.05, 0) is 42.3 Å². The van der Waals surface area contributed by atoms with Gasteiger partial charge in [-0.25, -0.2) is 0 Å². The molecule has 0 aliphatic carbocycles. The fraction of sp³-hybridized carbons (Fsp3) is 0.240. The third-order valence-electron chi connectivity index (χ3n) is 5.10. The third kappa shape index (κ3) is 6.15. The molecule has 3 atom stereocenters. The zero-order valence-corrected chi connectivity index (χ0v) is 18.2. The average molecular weight is 433 g/mol. The van der Waals surface area contributed by atoms with Crippen LogP contribution >= 0.6 is 0 Å². The molecule has 0 spiro atoms. The molecular weight excluding hydrogens is 404 g/mol. The third-order valence-corrected chi connectivity index (χ3v) is 5.10. The molecule has 0 saturated carbocycles. The topological polar surface area (TPSA) is 113 Å². The Kier molecular flexibility index (Phi) is 7.57. The van der Waals surface area contributed by atoms with Gasteiger partial charge in [0.05, 0.1) is 6.04 Å². The second kappa shape index (κ2) is 10.5. The van der Waals surface area contributed by atoms with E-state index in [1.54, 1.807) is 6.92 Å². The molecule has 166 valence electrons. The lowest BCUT2D eigenvalue weighted by Gasteiger charge is -2.22. The highest BCUT2D eigenvalue weighted by Gasteiger charge is 2.25. The van der Waals surface area contributed by atoms with Crippen molar-refractivity contribution in [2.75, 3.05) is 5.32 Å². The van der Waals surface area contributed by atoms with E-state index in [0.29, 0.717) is 12.1 Å². The molecule has 3 amide bonds. The fourth-order valence-corrected chi connectivity index (χ4v) is 3.26. The van der Waals surface area contributed by atoms with Crippen LogP contribution in [0, 0.1) is 0 Å². The Bertz CT molecular complexity index is 1100. The molecule has 0 aliphatic heterocycles. The van der Waals surface area contributed by atoms with E-state index >= 15 is 0 Å². The van der Waals surface area contributed by atoms with Crippen LogP contribution in [-0.4, -0.2) is 35.8 Å². The van der Waals surface area contributed by atoms with Crippen molar-refractivity contribution in [1.29, 1.82) is 0 Å². The SMILES string of the molecule is C[C@H](N)C(=O)N[C@@H](C)C(=O)N[C@@H](Cc1ccccc1)C(=O)Nc1ccc2ccccc2c1. The maximum Gasteiger partial charge on any atom is 0.247 e. The van der Waals surface area contributed by atoms with Crippen molar-refractivity contribution in [3.05, 3.63) is 78.4 Å². The zero-order valence-electron chi connectivity index (χ0n) is 18.2. The van der Waals surface area contributed by atoms with E-state index in [1.165, 1.54) is 6.92 Å². The van der Waals surface area contributed by atoms with Crippen molar-refractivity contribution in [3.8, 4) is 0 Å². The van der Waals surface area contributed by atoms with E-state index in [1.807, 2.05) is 72.8 Å². The number of fused-ring (bicyclic) bond motifs is 1. The van der Waals surface area contributed by atoms with Gasteiger partial charge in [-0.2, -0.15) is 0 Å². The van der Waals surface area contributed by atoms with Crippen LogP contribution in [0.5, 0.6) is 0 Å². The summed E-state index contributed by atoms with van der Waals surface area (Å²) in [4.78, 5) is 37.6. The van der Waals surface area contributed by atoms with Gasteiger partial charge < -0.3 is 21.7 Å². The van der Waals surface area contributed by atoms with Gasteiger partial charge in [0.1, 0.15) is 12.1 Å². The number of hydrogen-bond acceptors (Lipinski definition) is 4. The van der Waals surface area contributed by atoms with E-state index < -0.39 is 29.9 Å². The Labute approximate surface area is 187 Å². The van der Waals surface area contributed by atoms with Crippen LogP contribution in [0.1, 0.15) is 19.4 Å². The molecule has 3 rings (SSSR count). The van der Waals surface area contributed by atoms with Gasteiger partial charge >= 0.3 is 0 Å². The maximum absolute atomic E-state index is 13.1. The van der Waals surface area contributed by atoms with Crippen LogP contribution in [0.3, 0.4) is 0 Å². The Morgan fingerprint density at radius 2 is 1.44 bits per heavy atom. The van der Waals surface area contributed by atoms with Crippen LogP contribution < -0.4 is 21.7 Å². The van der Waals surface area contributed by atoms with Crippen molar-refractivity contribution < 1.29 is 14.4 Å². The molecule has 32 heavy (non-hydrogen) atoms. The first-order chi connectivity index (χ1) is 15.3. The smallest absolute Gasteiger partial charge is 0.247 e. The fourth-order valence-electron chi connectivity index (χ4n) is 3.26. The minimum absolute atomic E-state index is 0.306. The first-order valence-electron chi connectivity index (χ1n) is 10.5. The largest absolute Gasteiger partial charge is 0.343 e. The molecular formula is C25H28N4O3. The lowest BCUT2D eigenvalue weighted by molar-refractivity contribution is -0.130. The Balaban J connectivity index is 1.75.